The van der Waals surface area contributed by atoms with Gasteiger partial charge in [-0.2, -0.15) is 0 Å². The highest BCUT2D eigenvalue weighted by atomic mass is 16.7. The van der Waals surface area contributed by atoms with Gasteiger partial charge in [-0.25, -0.2) is 15.0 Å². The highest BCUT2D eigenvalue weighted by Gasteiger charge is 2.17. The van der Waals surface area contributed by atoms with E-state index >= 15 is 0 Å². The van der Waals surface area contributed by atoms with Gasteiger partial charge < -0.3 is 14.0 Å². The summed E-state index contributed by atoms with van der Waals surface area (Å²) in [5, 5.41) is 0. The molecule has 6 heteroatoms. The predicted octanol–water partition coefficient (Wildman–Crippen LogP) is 2.80. The average Bonchev–Trinajstić information content (AvgIpc) is 3.12. The van der Waals surface area contributed by atoms with Gasteiger partial charge in [-0.3, -0.25) is 0 Å². The lowest BCUT2D eigenvalue weighted by Crippen LogP contribution is -2.00. The maximum absolute atomic E-state index is 5.42. The number of imidazole rings is 1. The molecule has 0 amide bonds. The van der Waals surface area contributed by atoms with Crippen molar-refractivity contribution in [2.24, 2.45) is 0 Å². The van der Waals surface area contributed by atoms with E-state index in [0.29, 0.717) is 6.04 Å². The monoisotopic (exact) mass is 282 g/mol. The first-order valence-corrected chi connectivity index (χ1v) is 6.81. The molecule has 0 aliphatic carbocycles. The fourth-order valence-electron chi connectivity index (χ4n) is 2.48. The zero-order valence-electron chi connectivity index (χ0n) is 11.8. The van der Waals surface area contributed by atoms with E-state index in [2.05, 4.69) is 28.8 Å². The first-order valence-electron chi connectivity index (χ1n) is 6.81. The lowest BCUT2D eigenvalue weighted by molar-refractivity contribution is 0.174. The number of rotatable bonds is 2. The predicted molar refractivity (Wildman–Crippen MR) is 77.3 cm³/mol. The molecular weight excluding hydrogens is 268 g/mol. The Morgan fingerprint density at radius 1 is 1.10 bits per heavy atom. The van der Waals surface area contributed by atoms with Crippen molar-refractivity contribution in [3.05, 3.63) is 30.9 Å². The van der Waals surface area contributed by atoms with Crippen molar-refractivity contribution < 1.29 is 9.47 Å². The van der Waals surface area contributed by atoms with Crippen LogP contribution in [-0.2, 0) is 0 Å². The normalized spacial score (nSPS) is 13.3. The third kappa shape index (κ3) is 1.83. The van der Waals surface area contributed by atoms with Crippen molar-refractivity contribution in [1.82, 2.24) is 19.5 Å². The van der Waals surface area contributed by atoms with Gasteiger partial charge in [0.15, 0.2) is 17.1 Å². The fourth-order valence-corrected chi connectivity index (χ4v) is 2.48. The third-order valence-corrected chi connectivity index (χ3v) is 3.56. The molecule has 4 rings (SSSR count). The van der Waals surface area contributed by atoms with Crippen LogP contribution in [0.15, 0.2) is 30.9 Å². The second kappa shape index (κ2) is 4.44. The molecule has 0 unspecified atom stereocenters. The Hall–Kier alpha value is -2.63. The smallest absolute Gasteiger partial charge is 0.231 e. The number of fused-ring (bicyclic) bond motifs is 2. The maximum atomic E-state index is 5.42. The van der Waals surface area contributed by atoms with Crippen molar-refractivity contribution >= 4 is 11.2 Å². The second-order valence-electron chi connectivity index (χ2n) is 5.21. The van der Waals surface area contributed by atoms with Crippen LogP contribution in [0.1, 0.15) is 19.9 Å². The number of aromatic nitrogens is 4. The lowest BCUT2D eigenvalue weighted by Gasteiger charge is -2.07. The molecule has 0 fully saturated rings. The Morgan fingerprint density at radius 2 is 1.95 bits per heavy atom. The number of benzene rings is 1. The van der Waals surface area contributed by atoms with E-state index in [-0.39, 0.29) is 6.79 Å². The van der Waals surface area contributed by atoms with Crippen molar-refractivity contribution in [3.8, 4) is 22.8 Å². The summed E-state index contributed by atoms with van der Waals surface area (Å²) in [7, 11) is 0. The van der Waals surface area contributed by atoms with Gasteiger partial charge in [-0.1, -0.05) is 0 Å². The Bertz CT molecular complexity index is 826. The van der Waals surface area contributed by atoms with E-state index < -0.39 is 0 Å². The molecule has 3 aromatic rings. The summed E-state index contributed by atoms with van der Waals surface area (Å²) < 4.78 is 12.8. The summed E-state index contributed by atoms with van der Waals surface area (Å²) in [6.45, 7) is 4.47. The van der Waals surface area contributed by atoms with Crippen LogP contribution in [0, 0.1) is 0 Å². The molecule has 6 nitrogen and oxygen atoms in total. The minimum atomic E-state index is 0.264. The van der Waals surface area contributed by atoms with Crippen LogP contribution in [0.3, 0.4) is 0 Å². The van der Waals surface area contributed by atoms with Gasteiger partial charge in [0.05, 0.1) is 6.33 Å². The summed E-state index contributed by atoms with van der Waals surface area (Å²) >= 11 is 0. The van der Waals surface area contributed by atoms with Crippen LogP contribution in [0.4, 0.5) is 0 Å². The number of hydrogen-bond acceptors (Lipinski definition) is 5. The van der Waals surface area contributed by atoms with Crippen LogP contribution >= 0.6 is 0 Å². The maximum Gasteiger partial charge on any atom is 0.231 e. The molecule has 1 aliphatic rings. The summed E-state index contributed by atoms with van der Waals surface area (Å²) in [6, 6.07) is 6.09. The summed E-state index contributed by atoms with van der Waals surface area (Å²) in [5.41, 5.74) is 3.39. The van der Waals surface area contributed by atoms with E-state index in [0.717, 1.165) is 33.9 Å². The van der Waals surface area contributed by atoms with E-state index in [1.165, 1.54) is 0 Å². The summed E-state index contributed by atoms with van der Waals surface area (Å²) in [4.78, 5) is 13.2. The molecule has 0 spiro atoms. The number of hydrogen-bond donors (Lipinski definition) is 0. The molecule has 21 heavy (non-hydrogen) atoms. The SMILES string of the molecule is CC(C)n1cnc2c(-c3ccc4c(c3)OCO4)ncnc21. The standard InChI is InChI=1S/C15H14N4O2/c1-9(2)19-7-18-14-13(16-6-17-15(14)19)10-3-4-11-12(5-10)21-8-20-11/h3-7,9H,8H2,1-2H3. The topological polar surface area (TPSA) is 62.1 Å². The van der Waals surface area contributed by atoms with Gasteiger partial charge in [-0.15, -0.1) is 0 Å². The first kappa shape index (κ1) is 12.1. The van der Waals surface area contributed by atoms with E-state index in [4.69, 9.17) is 9.47 Å². The molecule has 106 valence electrons. The van der Waals surface area contributed by atoms with E-state index in [1.54, 1.807) is 12.7 Å². The lowest BCUT2D eigenvalue weighted by atomic mass is 10.1. The molecule has 2 aromatic heterocycles. The van der Waals surface area contributed by atoms with Crippen molar-refractivity contribution in [2.75, 3.05) is 6.79 Å². The Kier molecular flexibility index (Phi) is 2.57. The van der Waals surface area contributed by atoms with Crippen molar-refractivity contribution in [1.29, 1.82) is 0 Å². The minimum Gasteiger partial charge on any atom is -0.454 e. The van der Waals surface area contributed by atoms with Gasteiger partial charge in [0.25, 0.3) is 0 Å². The van der Waals surface area contributed by atoms with Gasteiger partial charge in [-0.05, 0) is 32.0 Å². The first-order chi connectivity index (χ1) is 10.2. The number of nitrogens with zero attached hydrogens (tertiary/aromatic N) is 4. The molecule has 1 aromatic carbocycles. The molecule has 3 heterocycles. The quantitative estimate of drug-likeness (QED) is 0.723. The van der Waals surface area contributed by atoms with Crippen LogP contribution < -0.4 is 9.47 Å². The van der Waals surface area contributed by atoms with Crippen molar-refractivity contribution in [2.45, 2.75) is 19.9 Å². The van der Waals surface area contributed by atoms with Crippen LogP contribution in [0.2, 0.25) is 0 Å². The molecule has 1 aliphatic heterocycles. The highest BCUT2D eigenvalue weighted by molar-refractivity contribution is 5.87. The van der Waals surface area contributed by atoms with Crippen LogP contribution in [0.25, 0.3) is 22.4 Å². The molecule has 0 bridgehead atoms. The largest absolute Gasteiger partial charge is 0.454 e. The fraction of sp³-hybridized carbons (Fsp3) is 0.267. The zero-order valence-corrected chi connectivity index (χ0v) is 11.8. The summed E-state index contributed by atoms with van der Waals surface area (Å²) in [6.07, 6.45) is 3.38. The molecule has 0 saturated heterocycles. The molecule has 0 N–H and O–H groups in total. The third-order valence-electron chi connectivity index (χ3n) is 3.56. The van der Waals surface area contributed by atoms with Gasteiger partial charge >= 0.3 is 0 Å². The van der Waals surface area contributed by atoms with E-state index in [1.807, 2.05) is 22.8 Å². The minimum absolute atomic E-state index is 0.264. The Morgan fingerprint density at radius 3 is 2.81 bits per heavy atom. The van der Waals surface area contributed by atoms with Crippen LogP contribution in [-0.4, -0.2) is 26.3 Å². The van der Waals surface area contributed by atoms with Gasteiger partial charge in [0.1, 0.15) is 17.5 Å². The van der Waals surface area contributed by atoms with Gasteiger partial charge in [0.2, 0.25) is 6.79 Å². The molecule has 0 saturated carbocycles. The molecule has 0 atom stereocenters. The van der Waals surface area contributed by atoms with Crippen molar-refractivity contribution in [3.63, 3.8) is 0 Å². The van der Waals surface area contributed by atoms with Gasteiger partial charge in [0, 0.05) is 11.6 Å². The average molecular weight is 282 g/mol. The Balaban J connectivity index is 1.91. The number of ether oxygens (including phenoxy) is 2. The van der Waals surface area contributed by atoms with E-state index in [9.17, 15) is 0 Å². The highest BCUT2D eigenvalue weighted by Crippen LogP contribution is 2.36. The Labute approximate surface area is 121 Å². The second-order valence-corrected chi connectivity index (χ2v) is 5.21. The summed E-state index contributed by atoms with van der Waals surface area (Å²) in [5.74, 6) is 1.50. The molecule has 0 radical (unpaired) electrons. The molecular formula is C15H14N4O2. The zero-order chi connectivity index (χ0) is 14.4. The van der Waals surface area contributed by atoms with Crippen LogP contribution in [0.5, 0.6) is 11.5 Å².